The van der Waals surface area contributed by atoms with E-state index < -0.39 is 60.2 Å². The maximum atomic E-state index is 13.3. The summed E-state index contributed by atoms with van der Waals surface area (Å²) in [6.45, 7) is 0. The van der Waals surface area contributed by atoms with Gasteiger partial charge in [-0.1, -0.05) is 0 Å². The van der Waals surface area contributed by atoms with Crippen LogP contribution in [0.3, 0.4) is 0 Å². The van der Waals surface area contributed by atoms with Gasteiger partial charge in [-0.3, -0.25) is 19.2 Å². The van der Waals surface area contributed by atoms with Gasteiger partial charge in [-0.15, -0.1) is 0 Å². The molecule has 0 saturated heterocycles. The quantitative estimate of drug-likeness (QED) is 0.116. The van der Waals surface area contributed by atoms with Crippen molar-refractivity contribution in [1.29, 1.82) is 0 Å². The Hall–Kier alpha value is -3.92. The Morgan fingerprint density at radius 1 is 0.892 bits per heavy atom. The molecule has 3 amide bonds. The highest BCUT2D eigenvalue weighted by molar-refractivity contribution is 7.98. The van der Waals surface area contributed by atoms with Gasteiger partial charge in [0.1, 0.15) is 18.1 Å². The molecule has 2 aromatic rings. The van der Waals surface area contributed by atoms with Gasteiger partial charge in [-0.05, 0) is 18.4 Å². The van der Waals surface area contributed by atoms with E-state index in [0.29, 0.717) is 23.6 Å². The average molecular weight is 539 g/mol. The molecule has 0 radical (unpaired) electrons. The van der Waals surface area contributed by atoms with Crippen LogP contribution in [0.4, 0.5) is 0 Å². The highest BCUT2D eigenvalue weighted by Gasteiger charge is 2.31. The Kier molecular flexibility index (Phi) is 11.6. The van der Waals surface area contributed by atoms with Gasteiger partial charge < -0.3 is 41.9 Å². The fourth-order valence-corrected chi connectivity index (χ4v) is 3.71. The first kappa shape index (κ1) is 29.3. The number of rotatable bonds is 16. The van der Waals surface area contributed by atoms with Crippen molar-refractivity contribution in [3.05, 3.63) is 36.4 Å². The van der Waals surface area contributed by atoms with E-state index in [1.54, 1.807) is 0 Å². The van der Waals surface area contributed by atoms with Crippen molar-refractivity contribution in [2.24, 2.45) is 5.73 Å². The van der Waals surface area contributed by atoms with Crippen molar-refractivity contribution >= 4 is 41.4 Å². The largest absolute Gasteiger partial charge is 0.481 e. The number of nitrogens with zero attached hydrogens (tertiary/aromatic N) is 2. The third-order valence-electron chi connectivity index (χ3n) is 5.19. The predicted molar refractivity (Wildman–Crippen MR) is 131 cm³/mol. The lowest BCUT2D eigenvalue weighted by molar-refractivity contribution is -0.147. The van der Waals surface area contributed by atoms with Crippen LogP contribution in [-0.4, -0.2) is 96.0 Å². The summed E-state index contributed by atoms with van der Waals surface area (Å²) in [6, 6.07) is -5.06. The van der Waals surface area contributed by atoms with Gasteiger partial charge in [0, 0.05) is 36.6 Å². The van der Waals surface area contributed by atoms with Crippen LogP contribution in [-0.2, 0) is 36.8 Å². The number of imidazole rings is 2. The Labute approximate surface area is 215 Å². The molecule has 0 aliphatic carbocycles. The van der Waals surface area contributed by atoms with E-state index in [2.05, 4.69) is 35.9 Å². The topological polar surface area (TPSA) is 245 Å². The molecule has 0 fully saturated rings. The molecular weight excluding hydrogens is 508 g/mol. The molecule has 0 aliphatic heterocycles. The van der Waals surface area contributed by atoms with Crippen LogP contribution < -0.4 is 21.7 Å². The number of thioether (sulfide) groups is 1. The van der Waals surface area contributed by atoms with E-state index in [4.69, 9.17) is 10.8 Å². The zero-order valence-electron chi connectivity index (χ0n) is 20.0. The van der Waals surface area contributed by atoms with Crippen molar-refractivity contribution in [1.82, 2.24) is 35.9 Å². The van der Waals surface area contributed by atoms with Crippen molar-refractivity contribution in [2.45, 2.75) is 49.9 Å². The summed E-state index contributed by atoms with van der Waals surface area (Å²) in [6.07, 6.45) is 6.92. The molecule has 2 aromatic heterocycles. The first-order valence-corrected chi connectivity index (χ1v) is 12.5. The molecular formula is C21H30N8O7S. The molecule has 2 heterocycles. The first-order valence-electron chi connectivity index (χ1n) is 11.1. The van der Waals surface area contributed by atoms with Gasteiger partial charge in [0.2, 0.25) is 17.7 Å². The minimum atomic E-state index is -1.72. The van der Waals surface area contributed by atoms with E-state index in [1.807, 2.05) is 6.26 Å². The molecule has 2 rings (SSSR count). The molecule has 0 saturated carbocycles. The number of hydrogen-bond donors (Lipinski definition) is 8. The molecule has 9 N–H and O–H groups in total. The molecule has 0 aromatic carbocycles. The van der Waals surface area contributed by atoms with Crippen LogP contribution in [0.1, 0.15) is 24.2 Å². The lowest BCUT2D eigenvalue weighted by Gasteiger charge is -2.24. The summed E-state index contributed by atoms with van der Waals surface area (Å²) in [7, 11) is 0. The number of aliphatic carboxylic acids is 2. The summed E-state index contributed by atoms with van der Waals surface area (Å²) in [5.41, 5.74) is 6.90. The molecule has 0 spiro atoms. The number of carbonyl (C=O) groups is 5. The standard InChI is InChI=1S/C21H30N8O7S/c1-37-3-2-13(22)18(32)27-14(4-11-7-23-9-25-11)19(33)28-15(5-12-8-24-10-26-12)20(34)29-16(21(35)36)6-17(30)31/h7-10,13-16H,2-6,22H2,1H3,(H,23,25)(H,24,26)(H,27,32)(H,28,33)(H,29,34)(H,30,31)(H,35,36). The third-order valence-corrected chi connectivity index (χ3v) is 5.83. The van der Waals surface area contributed by atoms with Gasteiger partial charge in [-0.2, -0.15) is 11.8 Å². The van der Waals surface area contributed by atoms with Crippen molar-refractivity contribution in [2.75, 3.05) is 12.0 Å². The van der Waals surface area contributed by atoms with Gasteiger partial charge in [0.05, 0.1) is 25.1 Å². The summed E-state index contributed by atoms with van der Waals surface area (Å²) >= 11 is 1.52. The molecule has 15 nitrogen and oxygen atoms in total. The number of aromatic amines is 2. The Balaban J connectivity index is 2.22. The van der Waals surface area contributed by atoms with Crippen LogP contribution in [0.5, 0.6) is 0 Å². The van der Waals surface area contributed by atoms with Crippen LogP contribution in [0.25, 0.3) is 0 Å². The minimum Gasteiger partial charge on any atom is -0.481 e. The Morgan fingerprint density at radius 2 is 1.38 bits per heavy atom. The number of nitrogens with one attached hydrogen (secondary N) is 5. The van der Waals surface area contributed by atoms with Crippen molar-refractivity contribution < 1.29 is 34.2 Å². The number of H-pyrrole nitrogens is 2. The summed E-state index contributed by atoms with van der Waals surface area (Å²) in [5, 5.41) is 25.5. The number of hydrogen-bond acceptors (Lipinski definition) is 9. The second kappa shape index (κ2) is 14.6. The first-order chi connectivity index (χ1) is 17.6. The van der Waals surface area contributed by atoms with Gasteiger partial charge in [0.25, 0.3) is 0 Å². The predicted octanol–water partition coefficient (Wildman–Crippen LogP) is -1.99. The van der Waals surface area contributed by atoms with Crippen LogP contribution in [0, 0.1) is 0 Å². The molecule has 37 heavy (non-hydrogen) atoms. The fourth-order valence-electron chi connectivity index (χ4n) is 3.23. The zero-order valence-corrected chi connectivity index (χ0v) is 20.8. The van der Waals surface area contributed by atoms with E-state index in [-0.39, 0.29) is 12.8 Å². The number of carboxylic acid groups (broad SMARTS) is 2. The summed E-state index contributed by atoms with van der Waals surface area (Å²) in [5.74, 6) is -4.58. The van der Waals surface area contributed by atoms with Crippen molar-refractivity contribution in [3.63, 3.8) is 0 Å². The monoisotopic (exact) mass is 538 g/mol. The zero-order chi connectivity index (χ0) is 27.4. The van der Waals surface area contributed by atoms with Crippen LogP contribution >= 0.6 is 11.8 Å². The minimum absolute atomic E-state index is 0.00197. The fraction of sp³-hybridized carbons (Fsp3) is 0.476. The van der Waals surface area contributed by atoms with E-state index in [0.717, 1.165) is 0 Å². The van der Waals surface area contributed by atoms with E-state index in [1.165, 1.54) is 36.8 Å². The third kappa shape index (κ3) is 9.92. The lowest BCUT2D eigenvalue weighted by atomic mass is 10.1. The molecule has 16 heteroatoms. The van der Waals surface area contributed by atoms with Gasteiger partial charge >= 0.3 is 11.9 Å². The maximum absolute atomic E-state index is 13.3. The number of aromatic nitrogens is 4. The molecule has 0 aliphatic rings. The number of carboxylic acids is 2. The maximum Gasteiger partial charge on any atom is 0.326 e. The lowest BCUT2D eigenvalue weighted by Crippen LogP contribution is -2.58. The Bertz CT molecular complexity index is 1050. The van der Waals surface area contributed by atoms with Gasteiger partial charge in [-0.25, -0.2) is 14.8 Å². The van der Waals surface area contributed by atoms with Crippen LogP contribution in [0.2, 0.25) is 0 Å². The summed E-state index contributed by atoms with van der Waals surface area (Å²) in [4.78, 5) is 74.6. The highest BCUT2D eigenvalue weighted by atomic mass is 32.2. The smallest absolute Gasteiger partial charge is 0.326 e. The molecule has 4 unspecified atom stereocenters. The second-order valence-corrected chi connectivity index (χ2v) is 9.06. The highest BCUT2D eigenvalue weighted by Crippen LogP contribution is 2.06. The number of amides is 3. The molecule has 4 atom stereocenters. The van der Waals surface area contributed by atoms with Gasteiger partial charge in [0.15, 0.2) is 0 Å². The Morgan fingerprint density at radius 3 is 1.78 bits per heavy atom. The molecule has 202 valence electrons. The van der Waals surface area contributed by atoms with E-state index in [9.17, 15) is 29.1 Å². The number of nitrogens with two attached hydrogens (primary N) is 1. The van der Waals surface area contributed by atoms with Crippen LogP contribution in [0.15, 0.2) is 25.0 Å². The van der Waals surface area contributed by atoms with E-state index >= 15 is 0 Å². The summed E-state index contributed by atoms with van der Waals surface area (Å²) < 4.78 is 0. The number of carbonyl (C=O) groups excluding carboxylic acids is 3. The molecule has 0 bridgehead atoms. The SMILES string of the molecule is CSCCC(N)C(=O)NC(Cc1cnc[nH]1)C(=O)NC(Cc1cnc[nH]1)C(=O)NC(CC(=O)O)C(=O)O. The van der Waals surface area contributed by atoms with Crippen molar-refractivity contribution in [3.8, 4) is 0 Å². The average Bonchev–Trinajstić information content (AvgIpc) is 3.55. The second-order valence-electron chi connectivity index (χ2n) is 8.07. The normalized spacial score (nSPS) is 14.1.